The van der Waals surface area contributed by atoms with Gasteiger partial charge in [0.05, 0.1) is 0 Å². The summed E-state index contributed by atoms with van der Waals surface area (Å²) in [7, 11) is 0. The summed E-state index contributed by atoms with van der Waals surface area (Å²) in [6, 6.07) is 0. The molecule has 0 unspecified atom stereocenters. The molecule has 0 radical (unpaired) electrons. The van der Waals surface area contributed by atoms with Gasteiger partial charge in [-0.3, -0.25) is 0 Å². The number of hydrogen-bond acceptors (Lipinski definition) is 0. The van der Waals surface area contributed by atoms with Gasteiger partial charge in [0.2, 0.25) is 0 Å². The summed E-state index contributed by atoms with van der Waals surface area (Å²) in [5.74, 6) is 0. The molecule has 0 saturated carbocycles. The second-order valence-electron chi connectivity index (χ2n) is 2.55. The maximum absolute atomic E-state index is 3.64. The molecule has 0 amide bonds. The van der Waals surface area contributed by atoms with E-state index in [0.717, 1.165) is 12.8 Å². The van der Waals surface area contributed by atoms with E-state index in [-0.39, 0.29) is 0 Å². The zero-order valence-electron chi connectivity index (χ0n) is 5.58. The summed E-state index contributed by atoms with van der Waals surface area (Å²) in [4.78, 5) is 0. The predicted octanol–water partition coefficient (Wildman–Crippen LogP) is 3.13. The normalized spacial score (nSPS) is 11.4. The molecule has 48 valence electrons. The van der Waals surface area contributed by atoms with Crippen LogP contribution in [0.5, 0.6) is 0 Å². The van der Waals surface area contributed by atoms with Gasteiger partial charge in [-0.1, -0.05) is 35.9 Å². The van der Waals surface area contributed by atoms with Crippen molar-refractivity contribution in [3.05, 3.63) is 12.7 Å². The molecule has 0 rings (SSSR count). The van der Waals surface area contributed by atoms with E-state index in [0.29, 0.717) is 4.32 Å². The van der Waals surface area contributed by atoms with E-state index < -0.39 is 0 Å². The van der Waals surface area contributed by atoms with Gasteiger partial charge in [0.1, 0.15) is 0 Å². The monoisotopic (exact) mass is 176 g/mol. The molecule has 0 aliphatic carbocycles. The van der Waals surface area contributed by atoms with Gasteiger partial charge in [0.25, 0.3) is 0 Å². The van der Waals surface area contributed by atoms with Gasteiger partial charge < -0.3 is 0 Å². The third-order valence-electron chi connectivity index (χ3n) is 0.943. The van der Waals surface area contributed by atoms with Crippen molar-refractivity contribution in [3.8, 4) is 0 Å². The van der Waals surface area contributed by atoms with Crippen LogP contribution in [0.2, 0.25) is 0 Å². The lowest BCUT2D eigenvalue weighted by molar-refractivity contribution is 0.663. The Kier molecular flexibility index (Phi) is 3.38. The van der Waals surface area contributed by atoms with Crippen LogP contribution in [0.4, 0.5) is 0 Å². The molecule has 0 aliphatic heterocycles. The van der Waals surface area contributed by atoms with Crippen molar-refractivity contribution in [2.75, 3.05) is 0 Å². The molecule has 0 N–H and O–H groups in total. The Morgan fingerprint density at radius 1 is 1.62 bits per heavy atom. The second kappa shape index (κ2) is 3.29. The maximum atomic E-state index is 3.64. The largest absolute Gasteiger partial charge is 0.103 e. The molecule has 0 saturated heterocycles. The van der Waals surface area contributed by atoms with E-state index in [1.165, 1.54) is 0 Å². The van der Waals surface area contributed by atoms with Gasteiger partial charge in [-0.05, 0) is 12.8 Å². The maximum Gasteiger partial charge on any atom is 0.0204 e. The second-order valence-corrected chi connectivity index (χ2v) is 4.69. The summed E-state index contributed by atoms with van der Waals surface area (Å²) in [6.45, 7) is 7.97. The zero-order chi connectivity index (χ0) is 6.62. The molecule has 0 fully saturated rings. The predicted molar refractivity (Wildman–Crippen MR) is 42.4 cm³/mol. The highest BCUT2D eigenvalue weighted by molar-refractivity contribution is 9.10. The van der Waals surface area contributed by atoms with Gasteiger partial charge in [-0.25, -0.2) is 0 Å². The van der Waals surface area contributed by atoms with E-state index in [9.17, 15) is 0 Å². The van der Waals surface area contributed by atoms with Crippen LogP contribution in [0.15, 0.2) is 12.7 Å². The molecule has 8 heavy (non-hydrogen) atoms. The summed E-state index contributed by atoms with van der Waals surface area (Å²) < 4.78 is 0.293. The first kappa shape index (κ1) is 8.22. The van der Waals surface area contributed by atoms with Crippen molar-refractivity contribution in [3.63, 3.8) is 0 Å². The summed E-state index contributed by atoms with van der Waals surface area (Å²) in [5.41, 5.74) is 0. The lowest BCUT2D eigenvalue weighted by Crippen LogP contribution is -2.07. The fourth-order valence-corrected chi connectivity index (χ4v) is 0.674. The average Bonchev–Trinajstić information content (AvgIpc) is 1.59. The summed E-state index contributed by atoms with van der Waals surface area (Å²) in [6.07, 6.45) is 4.21. The van der Waals surface area contributed by atoms with Gasteiger partial charge >= 0.3 is 0 Å². The van der Waals surface area contributed by atoms with Crippen molar-refractivity contribution in [1.82, 2.24) is 0 Å². The highest BCUT2D eigenvalue weighted by Gasteiger charge is 2.09. The molecule has 0 spiro atoms. The molecule has 0 nitrogen and oxygen atoms in total. The highest BCUT2D eigenvalue weighted by atomic mass is 79.9. The minimum Gasteiger partial charge on any atom is -0.103 e. The Hall–Kier alpha value is 0.220. The van der Waals surface area contributed by atoms with Crippen LogP contribution in [0.3, 0.4) is 0 Å². The van der Waals surface area contributed by atoms with Crippen LogP contribution in [0.25, 0.3) is 0 Å². The quantitative estimate of drug-likeness (QED) is 0.459. The number of alkyl halides is 1. The van der Waals surface area contributed by atoms with Crippen LogP contribution in [0.1, 0.15) is 26.7 Å². The third kappa shape index (κ3) is 6.22. The lowest BCUT2D eigenvalue weighted by Gasteiger charge is -2.13. The number of allylic oxidation sites excluding steroid dienone is 1. The highest BCUT2D eigenvalue weighted by Crippen LogP contribution is 2.21. The van der Waals surface area contributed by atoms with Crippen molar-refractivity contribution < 1.29 is 0 Å². The molecule has 0 aromatic rings. The topological polar surface area (TPSA) is 0 Å². The van der Waals surface area contributed by atoms with Gasteiger partial charge in [0, 0.05) is 4.32 Å². The zero-order valence-corrected chi connectivity index (χ0v) is 7.16. The Morgan fingerprint density at radius 2 is 2.12 bits per heavy atom. The first-order chi connectivity index (χ1) is 3.56. The van der Waals surface area contributed by atoms with Gasteiger partial charge in [-0.2, -0.15) is 0 Å². The molecule has 0 aliphatic rings. The van der Waals surface area contributed by atoms with E-state index in [4.69, 9.17) is 0 Å². The fraction of sp³-hybridized carbons (Fsp3) is 0.714. The molecule has 0 heterocycles. The minimum absolute atomic E-state index is 0.293. The molecule has 0 bridgehead atoms. The van der Waals surface area contributed by atoms with E-state index in [1.54, 1.807) is 0 Å². The standard InChI is InChI=1S/C7H13Br/c1-4-5-6-7(2,3)8/h4H,1,5-6H2,2-3H3. The Labute approximate surface area is 60.1 Å². The van der Waals surface area contributed by atoms with Crippen LogP contribution in [0, 0.1) is 0 Å². The first-order valence-corrected chi connectivity index (χ1v) is 3.65. The molecular weight excluding hydrogens is 164 g/mol. The average molecular weight is 177 g/mol. The smallest absolute Gasteiger partial charge is 0.0204 e. The van der Waals surface area contributed by atoms with E-state index in [2.05, 4.69) is 36.4 Å². The SMILES string of the molecule is C=CCCC(C)(C)Br. The lowest BCUT2D eigenvalue weighted by atomic mass is 10.1. The van der Waals surface area contributed by atoms with Gasteiger partial charge in [-0.15, -0.1) is 6.58 Å². The van der Waals surface area contributed by atoms with Gasteiger partial charge in [0.15, 0.2) is 0 Å². The van der Waals surface area contributed by atoms with Crippen LogP contribution in [-0.2, 0) is 0 Å². The van der Waals surface area contributed by atoms with Crippen molar-refractivity contribution >= 4 is 15.9 Å². The summed E-state index contributed by atoms with van der Waals surface area (Å²) >= 11 is 3.53. The third-order valence-corrected chi connectivity index (χ3v) is 1.34. The molecular formula is C7H13Br. The van der Waals surface area contributed by atoms with Crippen LogP contribution in [-0.4, -0.2) is 4.32 Å². The van der Waals surface area contributed by atoms with Crippen molar-refractivity contribution in [2.45, 2.75) is 31.0 Å². The first-order valence-electron chi connectivity index (χ1n) is 2.86. The van der Waals surface area contributed by atoms with Crippen molar-refractivity contribution in [1.29, 1.82) is 0 Å². The molecule has 0 aromatic carbocycles. The summed E-state index contributed by atoms with van der Waals surface area (Å²) in [5, 5.41) is 0. The van der Waals surface area contributed by atoms with Crippen LogP contribution < -0.4 is 0 Å². The Balaban J connectivity index is 3.24. The van der Waals surface area contributed by atoms with E-state index in [1.807, 2.05) is 6.08 Å². The molecule has 0 atom stereocenters. The van der Waals surface area contributed by atoms with E-state index >= 15 is 0 Å². The van der Waals surface area contributed by atoms with Crippen LogP contribution >= 0.6 is 15.9 Å². The number of halogens is 1. The fourth-order valence-electron chi connectivity index (χ4n) is 0.445. The molecule has 1 heteroatoms. The number of rotatable bonds is 3. The Bertz CT molecular complexity index is 68.9. The number of hydrogen-bond donors (Lipinski definition) is 0. The van der Waals surface area contributed by atoms with Crippen molar-refractivity contribution in [2.24, 2.45) is 0 Å². The minimum atomic E-state index is 0.293. The molecule has 0 aromatic heterocycles. The Morgan fingerprint density at radius 3 is 2.25 bits per heavy atom.